The molecule has 1 unspecified atom stereocenters. The summed E-state index contributed by atoms with van der Waals surface area (Å²) < 4.78 is 4.83. The van der Waals surface area contributed by atoms with Gasteiger partial charge in [-0.05, 0) is 18.3 Å². The summed E-state index contributed by atoms with van der Waals surface area (Å²) in [6.07, 6.45) is 0.933. The Morgan fingerprint density at radius 3 is 2.73 bits per heavy atom. The van der Waals surface area contributed by atoms with E-state index in [1.54, 1.807) is 0 Å². The Bertz CT molecular complexity index is 182. The molecular formula is C9H14O2. The summed E-state index contributed by atoms with van der Waals surface area (Å²) in [5.74, 6) is 0.613. The van der Waals surface area contributed by atoms with Crippen LogP contribution >= 0.6 is 0 Å². The second-order valence-electron chi connectivity index (χ2n) is 3.30. The van der Waals surface area contributed by atoms with Crippen molar-refractivity contribution in [1.29, 1.82) is 0 Å². The predicted molar refractivity (Wildman–Crippen MR) is 43.0 cm³/mol. The first-order chi connectivity index (χ1) is 5.13. The molecule has 62 valence electrons. The average Bonchev–Trinajstić information content (AvgIpc) is 1.94. The standard InChI is InChI=1S/C9H14O2/c1-6(2)8-4-5-11-9(10)7(8)3/h6,8H,3-5H2,1-2H3. The first kappa shape index (κ1) is 8.31. The van der Waals surface area contributed by atoms with Gasteiger partial charge in [0.25, 0.3) is 0 Å². The summed E-state index contributed by atoms with van der Waals surface area (Å²) in [6, 6.07) is 0. The highest BCUT2D eigenvalue weighted by molar-refractivity contribution is 5.88. The normalized spacial score (nSPS) is 25.5. The lowest BCUT2D eigenvalue weighted by Gasteiger charge is -2.26. The maximum atomic E-state index is 11.0. The third kappa shape index (κ3) is 1.62. The predicted octanol–water partition coefficient (Wildman–Crippen LogP) is 1.76. The van der Waals surface area contributed by atoms with Crippen molar-refractivity contribution in [3.8, 4) is 0 Å². The maximum Gasteiger partial charge on any atom is 0.333 e. The molecule has 1 rings (SSSR count). The molecule has 1 aliphatic rings. The Kier molecular flexibility index (Phi) is 2.32. The average molecular weight is 154 g/mol. The van der Waals surface area contributed by atoms with Crippen LogP contribution in [0.5, 0.6) is 0 Å². The van der Waals surface area contributed by atoms with Crippen molar-refractivity contribution in [1.82, 2.24) is 0 Å². The van der Waals surface area contributed by atoms with E-state index < -0.39 is 0 Å². The van der Waals surface area contributed by atoms with Gasteiger partial charge in [0.15, 0.2) is 0 Å². The Labute approximate surface area is 67.2 Å². The molecule has 0 radical (unpaired) electrons. The van der Waals surface area contributed by atoms with Crippen LogP contribution in [0.25, 0.3) is 0 Å². The highest BCUT2D eigenvalue weighted by atomic mass is 16.5. The van der Waals surface area contributed by atoms with Gasteiger partial charge in [-0.2, -0.15) is 0 Å². The molecule has 0 N–H and O–H groups in total. The molecule has 1 heterocycles. The molecule has 0 saturated carbocycles. The first-order valence-corrected chi connectivity index (χ1v) is 3.99. The molecule has 2 heteroatoms. The Morgan fingerprint density at radius 2 is 2.27 bits per heavy atom. The number of hydrogen-bond acceptors (Lipinski definition) is 2. The van der Waals surface area contributed by atoms with Crippen molar-refractivity contribution in [2.24, 2.45) is 11.8 Å². The maximum absolute atomic E-state index is 11.0. The lowest BCUT2D eigenvalue weighted by atomic mass is 9.85. The third-order valence-electron chi connectivity index (χ3n) is 2.18. The fourth-order valence-corrected chi connectivity index (χ4v) is 1.43. The molecule has 0 aliphatic carbocycles. The molecule has 0 aromatic carbocycles. The number of carbonyl (C=O) groups excluding carboxylic acids is 1. The van der Waals surface area contributed by atoms with Crippen molar-refractivity contribution in [2.45, 2.75) is 20.3 Å². The van der Waals surface area contributed by atoms with Gasteiger partial charge in [-0.3, -0.25) is 0 Å². The second-order valence-corrected chi connectivity index (χ2v) is 3.30. The SMILES string of the molecule is C=C1C(=O)OCCC1C(C)C. The van der Waals surface area contributed by atoms with Crippen molar-refractivity contribution < 1.29 is 9.53 Å². The van der Waals surface area contributed by atoms with Crippen LogP contribution in [0, 0.1) is 11.8 Å². The fourth-order valence-electron chi connectivity index (χ4n) is 1.43. The Hall–Kier alpha value is -0.790. The largest absolute Gasteiger partial charge is 0.462 e. The van der Waals surface area contributed by atoms with Gasteiger partial charge in [0.05, 0.1) is 6.61 Å². The molecule has 0 spiro atoms. The van der Waals surface area contributed by atoms with E-state index in [0.717, 1.165) is 6.42 Å². The van der Waals surface area contributed by atoms with Crippen LogP contribution in [0.3, 0.4) is 0 Å². The summed E-state index contributed by atoms with van der Waals surface area (Å²) in [6.45, 7) is 8.49. The highest BCUT2D eigenvalue weighted by Gasteiger charge is 2.27. The van der Waals surface area contributed by atoms with E-state index >= 15 is 0 Å². The number of ether oxygens (including phenoxy) is 1. The minimum atomic E-state index is -0.213. The van der Waals surface area contributed by atoms with Crippen LogP contribution in [0.15, 0.2) is 12.2 Å². The van der Waals surface area contributed by atoms with Gasteiger partial charge in [0.2, 0.25) is 0 Å². The lowest BCUT2D eigenvalue weighted by molar-refractivity contribution is -0.143. The van der Waals surface area contributed by atoms with Crippen LogP contribution in [-0.4, -0.2) is 12.6 Å². The topological polar surface area (TPSA) is 26.3 Å². The molecule has 1 saturated heterocycles. The number of carbonyl (C=O) groups is 1. The zero-order valence-corrected chi connectivity index (χ0v) is 7.09. The number of esters is 1. The van der Waals surface area contributed by atoms with Gasteiger partial charge in [-0.25, -0.2) is 4.79 Å². The number of rotatable bonds is 1. The monoisotopic (exact) mass is 154 g/mol. The Morgan fingerprint density at radius 1 is 1.64 bits per heavy atom. The summed E-state index contributed by atoms with van der Waals surface area (Å²) in [4.78, 5) is 11.0. The van der Waals surface area contributed by atoms with Crippen molar-refractivity contribution in [3.05, 3.63) is 12.2 Å². The quantitative estimate of drug-likeness (QED) is 0.425. The summed E-state index contributed by atoms with van der Waals surface area (Å²) in [5, 5.41) is 0. The van der Waals surface area contributed by atoms with Gasteiger partial charge < -0.3 is 4.74 Å². The summed E-state index contributed by atoms with van der Waals surface area (Å²) >= 11 is 0. The highest BCUT2D eigenvalue weighted by Crippen LogP contribution is 2.27. The van der Waals surface area contributed by atoms with Crippen LogP contribution in [0.4, 0.5) is 0 Å². The van der Waals surface area contributed by atoms with E-state index in [1.807, 2.05) is 0 Å². The van der Waals surface area contributed by atoms with Gasteiger partial charge >= 0.3 is 5.97 Å². The molecule has 1 fully saturated rings. The van der Waals surface area contributed by atoms with E-state index in [4.69, 9.17) is 4.74 Å². The number of cyclic esters (lactones) is 1. The van der Waals surface area contributed by atoms with E-state index in [2.05, 4.69) is 20.4 Å². The first-order valence-electron chi connectivity index (χ1n) is 3.99. The summed E-state index contributed by atoms with van der Waals surface area (Å²) in [5.41, 5.74) is 0.645. The molecule has 2 nitrogen and oxygen atoms in total. The van der Waals surface area contributed by atoms with Crippen LogP contribution in [0.2, 0.25) is 0 Å². The van der Waals surface area contributed by atoms with Crippen LogP contribution in [-0.2, 0) is 9.53 Å². The van der Waals surface area contributed by atoms with E-state index in [-0.39, 0.29) is 5.97 Å². The van der Waals surface area contributed by atoms with Gasteiger partial charge in [-0.1, -0.05) is 20.4 Å². The smallest absolute Gasteiger partial charge is 0.333 e. The molecule has 11 heavy (non-hydrogen) atoms. The van der Waals surface area contributed by atoms with Gasteiger partial charge in [-0.15, -0.1) is 0 Å². The minimum absolute atomic E-state index is 0.213. The summed E-state index contributed by atoms with van der Waals surface area (Å²) in [7, 11) is 0. The van der Waals surface area contributed by atoms with E-state index in [1.165, 1.54) is 0 Å². The van der Waals surface area contributed by atoms with Crippen molar-refractivity contribution in [3.63, 3.8) is 0 Å². The van der Waals surface area contributed by atoms with E-state index in [0.29, 0.717) is 24.0 Å². The minimum Gasteiger partial charge on any atom is -0.462 e. The second kappa shape index (κ2) is 3.07. The lowest BCUT2D eigenvalue weighted by Crippen LogP contribution is -2.26. The van der Waals surface area contributed by atoms with Gasteiger partial charge in [0, 0.05) is 5.57 Å². The molecule has 0 aromatic heterocycles. The van der Waals surface area contributed by atoms with Crippen LogP contribution in [0.1, 0.15) is 20.3 Å². The van der Waals surface area contributed by atoms with Crippen molar-refractivity contribution in [2.75, 3.05) is 6.61 Å². The molecule has 0 bridgehead atoms. The van der Waals surface area contributed by atoms with Crippen LogP contribution < -0.4 is 0 Å². The molecule has 1 aliphatic heterocycles. The van der Waals surface area contributed by atoms with Crippen molar-refractivity contribution >= 4 is 5.97 Å². The molecular weight excluding hydrogens is 140 g/mol. The van der Waals surface area contributed by atoms with Gasteiger partial charge in [0.1, 0.15) is 0 Å². The molecule has 0 amide bonds. The zero-order valence-electron chi connectivity index (χ0n) is 7.09. The Balaban J connectivity index is 2.66. The zero-order chi connectivity index (χ0) is 8.43. The third-order valence-corrected chi connectivity index (χ3v) is 2.18. The number of hydrogen-bond donors (Lipinski definition) is 0. The molecule has 0 aromatic rings. The fraction of sp³-hybridized carbons (Fsp3) is 0.667. The van der Waals surface area contributed by atoms with E-state index in [9.17, 15) is 4.79 Å². The molecule has 1 atom stereocenters.